The fourth-order valence-electron chi connectivity index (χ4n) is 1.67. The minimum atomic E-state index is -0.0456. The molecule has 1 heterocycles. The average Bonchev–Trinajstić information content (AvgIpc) is 2.56. The van der Waals surface area contributed by atoms with Crippen LogP contribution in [0.1, 0.15) is 17.5 Å². The minimum Gasteiger partial charge on any atom is -0.494 e. The first kappa shape index (κ1) is 9.71. The predicted molar refractivity (Wildman–Crippen MR) is 57.3 cm³/mol. The van der Waals surface area contributed by atoms with Gasteiger partial charge in [-0.2, -0.15) is 0 Å². The third-order valence-electron chi connectivity index (χ3n) is 2.41. The van der Waals surface area contributed by atoms with E-state index in [1.807, 2.05) is 25.2 Å². The van der Waals surface area contributed by atoms with Crippen LogP contribution in [0.25, 0.3) is 11.0 Å². The molecule has 0 N–H and O–H groups in total. The lowest BCUT2D eigenvalue weighted by Crippen LogP contribution is -2.02. The number of rotatable bonds is 2. The molecule has 78 valence electrons. The standard InChI is InChI=1S/C11H12N2O2/c1-7(14)11-12-10-8(13(11)2)5-4-6-9(10)15-3/h4-6H,1-3H3. The van der Waals surface area contributed by atoms with Crippen LogP contribution in [0, 0.1) is 0 Å². The van der Waals surface area contributed by atoms with Crippen molar-refractivity contribution in [2.45, 2.75) is 6.92 Å². The SMILES string of the molecule is COc1cccc2c1nc(C(C)=O)n2C. The largest absolute Gasteiger partial charge is 0.494 e. The first-order valence-corrected chi connectivity index (χ1v) is 4.65. The number of hydrogen-bond donors (Lipinski definition) is 0. The number of carbonyl (C=O) groups is 1. The van der Waals surface area contributed by atoms with Gasteiger partial charge in [-0.15, -0.1) is 0 Å². The van der Waals surface area contributed by atoms with E-state index >= 15 is 0 Å². The molecule has 2 rings (SSSR count). The number of hydrogen-bond acceptors (Lipinski definition) is 3. The van der Waals surface area contributed by atoms with E-state index < -0.39 is 0 Å². The van der Waals surface area contributed by atoms with Gasteiger partial charge >= 0.3 is 0 Å². The Morgan fingerprint density at radius 3 is 2.80 bits per heavy atom. The van der Waals surface area contributed by atoms with E-state index in [0.29, 0.717) is 11.6 Å². The second-order valence-corrected chi connectivity index (χ2v) is 3.38. The topological polar surface area (TPSA) is 44.1 Å². The number of methoxy groups -OCH3 is 1. The van der Waals surface area contributed by atoms with Crippen molar-refractivity contribution in [3.05, 3.63) is 24.0 Å². The monoisotopic (exact) mass is 204 g/mol. The van der Waals surface area contributed by atoms with Crippen molar-refractivity contribution in [2.24, 2.45) is 7.05 Å². The maximum atomic E-state index is 11.3. The Morgan fingerprint density at radius 1 is 1.47 bits per heavy atom. The highest BCUT2D eigenvalue weighted by Crippen LogP contribution is 2.24. The van der Waals surface area contributed by atoms with Gasteiger partial charge in [0.05, 0.1) is 12.6 Å². The molecule has 0 aliphatic rings. The second kappa shape index (κ2) is 3.38. The summed E-state index contributed by atoms with van der Waals surface area (Å²) in [6.07, 6.45) is 0. The van der Waals surface area contributed by atoms with Crippen LogP contribution in [0.3, 0.4) is 0 Å². The second-order valence-electron chi connectivity index (χ2n) is 3.38. The van der Waals surface area contributed by atoms with Crippen LogP contribution in [0.4, 0.5) is 0 Å². The van der Waals surface area contributed by atoms with Crippen molar-refractivity contribution < 1.29 is 9.53 Å². The molecule has 0 amide bonds. The Bertz CT molecular complexity index is 529. The number of ether oxygens (including phenoxy) is 1. The summed E-state index contributed by atoms with van der Waals surface area (Å²) in [5, 5.41) is 0. The molecule has 0 saturated carbocycles. The zero-order valence-electron chi connectivity index (χ0n) is 8.94. The molecule has 0 aliphatic carbocycles. The number of para-hydroxylation sites is 1. The summed E-state index contributed by atoms with van der Waals surface area (Å²) in [6, 6.07) is 5.63. The molecule has 1 aromatic carbocycles. The van der Waals surface area contributed by atoms with E-state index in [9.17, 15) is 4.79 Å². The Morgan fingerprint density at radius 2 is 2.20 bits per heavy atom. The van der Waals surface area contributed by atoms with Crippen LogP contribution in [-0.2, 0) is 7.05 Å². The summed E-state index contributed by atoms with van der Waals surface area (Å²) in [7, 11) is 3.42. The molecule has 0 radical (unpaired) electrons. The number of aryl methyl sites for hydroxylation is 1. The number of imidazole rings is 1. The number of nitrogens with zero attached hydrogens (tertiary/aromatic N) is 2. The number of benzene rings is 1. The molecule has 0 fully saturated rings. The third-order valence-corrected chi connectivity index (χ3v) is 2.41. The quantitative estimate of drug-likeness (QED) is 0.700. The van der Waals surface area contributed by atoms with Gasteiger partial charge in [0, 0.05) is 14.0 Å². The lowest BCUT2D eigenvalue weighted by molar-refractivity contribution is 0.100. The summed E-state index contributed by atoms with van der Waals surface area (Å²) in [5.74, 6) is 1.10. The highest BCUT2D eigenvalue weighted by molar-refractivity contribution is 5.95. The molecular formula is C11H12N2O2. The van der Waals surface area contributed by atoms with Gasteiger partial charge in [-0.1, -0.05) is 6.07 Å². The van der Waals surface area contributed by atoms with Crippen LogP contribution in [0.5, 0.6) is 5.75 Å². The van der Waals surface area contributed by atoms with Crippen molar-refractivity contribution >= 4 is 16.8 Å². The minimum absolute atomic E-state index is 0.0456. The molecule has 1 aromatic heterocycles. The Hall–Kier alpha value is -1.84. The number of Topliss-reactive ketones (excluding diaryl/α,β-unsaturated/α-hetero) is 1. The molecular weight excluding hydrogens is 192 g/mol. The van der Waals surface area contributed by atoms with Crippen LogP contribution in [0.15, 0.2) is 18.2 Å². The van der Waals surface area contributed by atoms with Gasteiger partial charge < -0.3 is 9.30 Å². The van der Waals surface area contributed by atoms with Gasteiger partial charge in [-0.05, 0) is 12.1 Å². The molecule has 0 aliphatic heterocycles. The number of ketones is 1. The summed E-state index contributed by atoms with van der Waals surface area (Å²) < 4.78 is 6.97. The summed E-state index contributed by atoms with van der Waals surface area (Å²) in [5.41, 5.74) is 1.63. The normalized spacial score (nSPS) is 10.6. The average molecular weight is 204 g/mol. The van der Waals surface area contributed by atoms with E-state index in [2.05, 4.69) is 4.98 Å². The van der Waals surface area contributed by atoms with Crippen LogP contribution >= 0.6 is 0 Å². The van der Waals surface area contributed by atoms with Crippen molar-refractivity contribution in [2.75, 3.05) is 7.11 Å². The predicted octanol–water partition coefficient (Wildman–Crippen LogP) is 1.78. The van der Waals surface area contributed by atoms with E-state index in [0.717, 1.165) is 11.0 Å². The maximum Gasteiger partial charge on any atom is 0.195 e. The number of carbonyl (C=O) groups excluding carboxylic acids is 1. The zero-order valence-corrected chi connectivity index (χ0v) is 8.94. The number of aromatic nitrogens is 2. The van der Waals surface area contributed by atoms with Gasteiger partial charge in [0.2, 0.25) is 0 Å². The molecule has 4 nitrogen and oxygen atoms in total. The molecule has 4 heteroatoms. The fraction of sp³-hybridized carbons (Fsp3) is 0.273. The summed E-state index contributed by atoms with van der Waals surface area (Å²) in [6.45, 7) is 1.51. The van der Waals surface area contributed by atoms with Gasteiger partial charge in [0.25, 0.3) is 0 Å². The van der Waals surface area contributed by atoms with Crippen molar-refractivity contribution in [1.29, 1.82) is 0 Å². The summed E-state index contributed by atoms with van der Waals surface area (Å²) >= 11 is 0. The van der Waals surface area contributed by atoms with Gasteiger partial charge in [-0.25, -0.2) is 4.98 Å². The first-order chi connectivity index (χ1) is 7.15. The lowest BCUT2D eigenvalue weighted by Gasteiger charge is -2.00. The molecule has 0 unspecified atom stereocenters. The Kier molecular flexibility index (Phi) is 2.19. The Labute approximate surface area is 87.5 Å². The van der Waals surface area contributed by atoms with Gasteiger partial charge in [-0.3, -0.25) is 4.79 Å². The summed E-state index contributed by atoms with van der Waals surface area (Å²) in [4.78, 5) is 15.6. The van der Waals surface area contributed by atoms with Crippen molar-refractivity contribution in [3.8, 4) is 5.75 Å². The highest BCUT2D eigenvalue weighted by atomic mass is 16.5. The molecule has 0 bridgehead atoms. The molecule has 0 spiro atoms. The molecule has 0 atom stereocenters. The van der Waals surface area contributed by atoms with Crippen molar-refractivity contribution in [1.82, 2.24) is 9.55 Å². The third kappa shape index (κ3) is 1.38. The van der Waals surface area contributed by atoms with Crippen molar-refractivity contribution in [3.63, 3.8) is 0 Å². The van der Waals surface area contributed by atoms with Crippen LogP contribution in [-0.4, -0.2) is 22.4 Å². The van der Waals surface area contributed by atoms with Gasteiger partial charge in [0.1, 0.15) is 11.3 Å². The van der Waals surface area contributed by atoms with E-state index in [1.54, 1.807) is 11.7 Å². The maximum absolute atomic E-state index is 11.3. The molecule has 2 aromatic rings. The van der Waals surface area contributed by atoms with Crippen LogP contribution in [0.2, 0.25) is 0 Å². The lowest BCUT2D eigenvalue weighted by atomic mass is 10.3. The smallest absolute Gasteiger partial charge is 0.195 e. The van der Waals surface area contributed by atoms with E-state index in [1.165, 1.54) is 6.92 Å². The first-order valence-electron chi connectivity index (χ1n) is 4.65. The molecule has 0 saturated heterocycles. The fourth-order valence-corrected chi connectivity index (χ4v) is 1.67. The van der Waals surface area contributed by atoms with E-state index in [-0.39, 0.29) is 5.78 Å². The highest BCUT2D eigenvalue weighted by Gasteiger charge is 2.13. The van der Waals surface area contributed by atoms with E-state index in [4.69, 9.17) is 4.74 Å². The van der Waals surface area contributed by atoms with Gasteiger partial charge in [0.15, 0.2) is 11.6 Å². The van der Waals surface area contributed by atoms with Crippen LogP contribution < -0.4 is 4.74 Å². The number of fused-ring (bicyclic) bond motifs is 1. The molecule has 15 heavy (non-hydrogen) atoms. The zero-order chi connectivity index (χ0) is 11.0. The Balaban J connectivity index is 2.81.